The number of carbonyl (C=O) groups is 2. The monoisotopic (exact) mass is 594 g/mol. The van der Waals surface area contributed by atoms with Crippen LogP contribution in [0.2, 0.25) is 0 Å². The lowest BCUT2D eigenvalue weighted by molar-refractivity contribution is 0.0316. The molecule has 0 fully saturated rings. The fraction of sp³-hybridized carbons (Fsp3) is 0.176. The fourth-order valence-electron chi connectivity index (χ4n) is 5.05. The van der Waals surface area contributed by atoms with Gasteiger partial charge in [-0.2, -0.15) is 0 Å². The van der Waals surface area contributed by atoms with E-state index in [4.69, 9.17) is 9.47 Å². The first-order chi connectivity index (χ1) is 20.4. The second-order valence-electron chi connectivity index (χ2n) is 10.1. The van der Waals surface area contributed by atoms with Gasteiger partial charge < -0.3 is 9.47 Å². The molecule has 0 aliphatic heterocycles. The van der Waals surface area contributed by atoms with E-state index in [1.165, 1.54) is 22.7 Å². The number of hydrogen-bond donors (Lipinski definition) is 0. The topological polar surface area (TPSA) is 86.7 Å². The van der Waals surface area contributed by atoms with E-state index in [0.29, 0.717) is 61.3 Å². The third kappa shape index (κ3) is 5.31. The zero-order chi connectivity index (χ0) is 29.2. The Kier molecular flexibility index (Phi) is 7.82. The Morgan fingerprint density at radius 1 is 0.643 bits per heavy atom. The highest BCUT2D eigenvalue weighted by atomic mass is 32.1. The average molecular weight is 595 g/mol. The zero-order valence-corrected chi connectivity index (χ0v) is 24.4. The van der Waals surface area contributed by atoms with Crippen LogP contribution in [0.1, 0.15) is 46.9 Å². The van der Waals surface area contributed by atoms with Crippen LogP contribution in [0, 0.1) is 0 Å². The molecule has 0 aliphatic rings. The summed E-state index contributed by atoms with van der Waals surface area (Å²) in [5.41, 5.74) is 0.574. The van der Waals surface area contributed by atoms with Crippen LogP contribution in [0.25, 0.3) is 40.3 Å². The van der Waals surface area contributed by atoms with Gasteiger partial charge in [0.1, 0.15) is 0 Å². The van der Waals surface area contributed by atoms with Gasteiger partial charge in [0.05, 0.1) is 33.2 Å². The molecule has 2 heterocycles. The Morgan fingerprint density at radius 2 is 1.14 bits per heavy atom. The first kappa shape index (κ1) is 27.8. The maximum atomic E-state index is 13.1. The minimum absolute atomic E-state index is 0.0939. The van der Waals surface area contributed by atoms with Crippen molar-refractivity contribution in [3.8, 4) is 0 Å². The van der Waals surface area contributed by atoms with Crippen LogP contribution in [0.5, 0.6) is 0 Å². The molecule has 42 heavy (non-hydrogen) atoms. The lowest BCUT2D eigenvalue weighted by Crippen LogP contribution is -2.16. The molecular formula is C34H26O6S2. The van der Waals surface area contributed by atoms with Crippen molar-refractivity contribution in [1.29, 1.82) is 0 Å². The normalized spacial score (nSPS) is 12.1. The van der Waals surface area contributed by atoms with E-state index in [-0.39, 0.29) is 23.6 Å². The van der Waals surface area contributed by atoms with Gasteiger partial charge in [-0.15, -0.1) is 22.7 Å². The number of unbranched alkanes of at least 4 members (excludes halogenated alkanes) is 1. The van der Waals surface area contributed by atoms with E-state index in [2.05, 4.69) is 0 Å². The summed E-state index contributed by atoms with van der Waals surface area (Å²) in [4.78, 5) is 51.9. The summed E-state index contributed by atoms with van der Waals surface area (Å²) < 4.78 is 14.2. The highest BCUT2D eigenvalue weighted by Gasteiger charge is 2.18. The molecule has 1 atom stereocenters. The Hall–Kier alpha value is -4.40. The van der Waals surface area contributed by atoms with E-state index in [1.54, 1.807) is 48.5 Å². The van der Waals surface area contributed by atoms with Crippen molar-refractivity contribution < 1.29 is 19.1 Å². The summed E-state index contributed by atoms with van der Waals surface area (Å²) in [5, 5.41) is 2.30. The SMILES string of the molecule is C[C@H](CCCCOC(=O)c1cccc2c(=O)c3ccccc3sc12)OC(=O)c1cccc2c(=O)c3ccccc3sc12. The summed E-state index contributed by atoms with van der Waals surface area (Å²) in [7, 11) is 0. The van der Waals surface area contributed by atoms with Crippen LogP contribution in [0.4, 0.5) is 0 Å². The standard InChI is InChI=1S/C34H26O6S2/c1-20(40-34(38)26-16-9-14-24-30(36)22-12-3-5-18-28(22)42-32(24)26)10-6-7-19-39-33(37)25-15-8-13-23-29(35)21-11-2-4-17-27(21)41-31(23)25/h2-5,8-9,11-18,20H,6-7,10,19H2,1H3/t20-/m1/s1. The highest BCUT2D eigenvalue weighted by Crippen LogP contribution is 2.29. The zero-order valence-electron chi connectivity index (χ0n) is 22.8. The summed E-state index contributed by atoms with van der Waals surface area (Å²) in [6.07, 6.45) is 1.52. The molecular weight excluding hydrogens is 569 g/mol. The number of carbonyl (C=O) groups excluding carboxylic acids is 2. The van der Waals surface area contributed by atoms with Gasteiger partial charge in [0.15, 0.2) is 10.9 Å². The minimum Gasteiger partial charge on any atom is -0.462 e. The van der Waals surface area contributed by atoms with Gasteiger partial charge in [-0.3, -0.25) is 9.59 Å². The number of esters is 2. The third-order valence-corrected chi connectivity index (χ3v) is 9.63. The van der Waals surface area contributed by atoms with E-state index < -0.39 is 11.9 Å². The summed E-state index contributed by atoms with van der Waals surface area (Å²) in [5.74, 6) is -0.929. The van der Waals surface area contributed by atoms with Crippen molar-refractivity contribution in [2.75, 3.05) is 6.61 Å². The first-order valence-electron chi connectivity index (χ1n) is 13.7. The molecule has 0 unspecified atom stereocenters. The van der Waals surface area contributed by atoms with Crippen LogP contribution in [0.15, 0.2) is 94.5 Å². The molecule has 6 rings (SSSR count). The molecule has 0 bridgehead atoms. The second-order valence-corrected chi connectivity index (χ2v) is 12.2. The molecule has 0 spiro atoms. The van der Waals surface area contributed by atoms with Crippen LogP contribution in [-0.2, 0) is 9.47 Å². The lowest BCUT2D eigenvalue weighted by atomic mass is 10.1. The maximum absolute atomic E-state index is 13.1. The third-order valence-electron chi connectivity index (χ3n) is 7.19. The molecule has 0 amide bonds. The second kappa shape index (κ2) is 11.8. The van der Waals surface area contributed by atoms with E-state index >= 15 is 0 Å². The Bertz CT molecular complexity index is 2110. The largest absolute Gasteiger partial charge is 0.462 e. The van der Waals surface area contributed by atoms with Gasteiger partial charge in [0.2, 0.25) is 0 Å². The molecule has 0 radical (unpaired) electrons. The first-order valence-corrected chi connectivity index (χ1v) is 15.3. The predicted octanol–water partition coefficient (Wildman–Crippen LogP) is 7.72. The maximum Gasteiger partial charge on any atom is 0.339 e. The summed E-state index contributed by atoms with van der Waals surface area (Å²) in [6, 6.07) is 25.0. The molecule has 0 aliphatic carbocycles. The summed E-state index contributed by atoms with van der Waals surface area (Å²) >= 11 is 2.82. The number of hydrogen-bond acceptors (Lipinski definition) is 8. The predicted molar refractivity (Wildman–Crippen MR) is 170 cm³/mol. The van der Waals surface area contributed by atoms with Crippen LogP contribution >= 0.6 is 22.7 Å². The smallest absolute Gasteiger partial charge is 0.339 e. The fourth-order valence-corrected chi connectivity index (χ4v) is 7.39. The Labute approximate surface area is 248 Å². The minimum atomic E-state index is -0.465. The highest BCUT2D eigenvalue weighted by molar-refractivity contribution is 7.25. The van der Waals surface area contributed by atoms with Crippen molar-refractivity contribution in [3.63, 3.8) is 0 Å². The Morgan fingerprint density at radius 3 is 1.71 bits per heavy atom. The van der Waals surface area contributed by atoms with Gasteiger partial charge in [-0.25, -0.2) is 9.59 Å². The number of rotatable bonds is 8. The lowest BCUT2D eigenvalue weighted by Gasteiger charge is -2.14. The van der Waals surface area contributed by atoms with E-state index in [0.717, 1.165) is 9.40 Å². The molecule has 6 aromatic rings. The molecule has 8 heteroatoms. The molecule has 0 saturated heterocycles. The van der Waals surface area contributed by atoms with Gasteiger partial charge in [0.25, 0.3) is 0 Å². The van der Waals surface area contributed by atoms with Crippen molar-refractivity contribution in [2.45, 2.75) is 32.3 Å². The molecule has 0 N–H and O–H groups in total. The molecule has 6 nitrogen and oxygen atoms in total. The number of ether oxygens (including phenoxy) is 2. The van der Waals surface area contributed by atoms with Gasteiger partial charge in [-0.1, -0.05) is 36.4 Å². The molecule has 4 aromatic carbocycles. The Balaban J connectivity index is 1.06. The molecule has 2 aromatic heterocycles. The molecule has 0 saturated carbocycles. The van der Waals surface area contributed by atoms with Crippen LogP contribution < -0.4 is 10.9 Å². The van der Waals surface area contributed by atoms with Crippen molar-refractivity contribution in [1.82, 2.24) is 0 Å². The number of fused-ring (bicyclic) bond motifs is 4. The van der Waals surface area contributed by atoms with Gasteiger partial charge in [-0.05, 0) is 74.7 Å². The average Bonchev–Trinajstić information content (AvgIpc) is 3.00. The van der Waals surface area contributed by atoms with E-state index in [1.807, 2.05) is 43.3 Å². The van der Waals surface area contributed by atoms with Crippen LogP contribution in [-0.4, -0.2) is 24.6 Å². The van der Waals surface area contributed by atoms with Gasteiger partial charge >= 0.3 is 11.9 Å². The van der Waals surface area contributed by atoms with E-state index in [9.17, 15) is 19.2 Å². The van der Waals surface area contributed by atoms with Crippen molar-refractivity contribution >= 4 is 75.0 Å². The summed E-state index contributed by atoms with van der Waals surface area (Å²) in [6.45, 7) is 2.04. The number of benzene rings is 4. The molecule has 210 valence electrons. The van der Waals surface area contributed by atoms with Gasteiger partial charge in [0, 0.05) is 30.9 Å². The van der Waals surface area contributed by atoms with Crippen LogP contribution in [0.3, 0.4) is 0 Å². The quantitative estimate of drug-likeness (QED) is 0.102. The van der Waals surface area contributed by atoms with Crippen molar-refractivity contribution in [3.05, 3.63) is 117 Å². The van der Waals surface area contributed by atoms with Crippen molar-refractivity contribution in [2.24, 2.45) is 0 Å².